The Kier molecular flexibility index (Phi) is 3.59. The Hall–Kier alpha value is -3.38. The summed E-state index contributed by atoms with van der Waals surface area (Å²) >= 11 is 0. The van der Waals surface area contributed by atoms with Gasteiger partial charge in [0, 0.05) is 30.2 Å². The highest BCUT2D eigenvalue weighted by Gasteiger charge is 2.13. The number of aromatic carboxylic acids is 1. The molecule has 0 unspecified atom stereocenters. The van der Waals surface area contributed by atoms with Crippen molar-refractivity contribution in [3.8, 4) is 17.1 Å². The number of nitrogens with zero attached hydrogens (tertiary/aromatic N) is 2. The largest absolute Gasteiger partial charge is 0.478 e. The zero-order valence-corrected chi connectivity index (χ0v) is 13.3. The van der Waals surface area contributed by atoms with E-state index in [4.69, 9.17) is 5.73 Å². The van der Waals surface area contributed by atoms with Crippen LogP contribution in [0, 0.1) is 0 Å². The molecule has 2 aromatic heterocycles. The Labute approximate surface area is 143 Å². The summed E-state index contributed by atoms with van der Waals surface area (Å²) in [6.45, 7) is 0.510. The van der Waals surface area contributed by atoms with Gasteiger partial charge in [0.2, 0.25) is 0 Å². The number of aromatic nitrogens is 3. The number of aromatic amines is 1. The molecule has 124 valence electrons. The number of para-hydroxylation sites is 1. The summed E-state index contributed by atoms with van der Waals surface area (Å²) in [6.07, 6.45) is 3.97. The van der Waals surface area contributed by atoms with Crippen molar-refractivity contribution in [2.24, 2.45) is 5.73 Å². The number of fused-ring (bicyclic) bond motifs is 1. The van der Waals surface area contributed by atoms with Gasteiger partial charge in [-0.1, -0.05) is 6.07 Å². The summed E-state index contributed by atoms with van der Waals surface area (Å²) in [4.78, 5) is 19.0. The molecular formula is C19H16N4O2. The van der Waals surface area contributed by atoms with Crippen LogP contribution >= 0.6 is 0 Å². The second-order valence-corrected chi connectivity index (χ2v) is 5.77. The average molecular weight is 332 g/mol. The molecule has 4 rings (SSSR count). The van der Waals surface area contributed by atoms with Crippen LogP contribution in [0.5, 0.6) is 0 Å². The Morgan fingerprint density at radius 3 is 2.64 bits per heavy atom. The fourth-order valence-electron chi connectivity index (χ4n) is 2.85. The van der Waals surface area contributed by atoms with Crippen molar-refractivity contribution in [1.82, 2.24) is 14.5 Å². The fraction of sp³-hybridized carbons (Fsp3) is 0.0526. The molecule has 0 bridgehead atoms. The molecule has 0 amide bonds. The maximum Gasteiger partial charge on any atom is 0.337 e. The maximum atomic E-state index is 11.3. The molecule has 0 saturated carbocycles. The van der Waals surface area contributed by atoms with E-state index in [1.165, 1.54) is 0 Å². The number of nitrogens with two attached hydrogens (primary N) is 1. The van der Waals surface area contributed by atoms with E-state index in [0.717, 1.165) is 16.8 Å². The van der Waals surface area contributed by atoms with Crippen molar-refractivity contribution in [3.05, 3.63) is 72.1 Å². The molecule has 0 aliphatic heterocycles. The van der Waals surface area contributed by atoms with E-state index in [0.29, 0.717) is 23.4 Å². The molecule has 0 fully saturated rings. The number of imidazole rings is 1. The molecule has 4 N–H and O–H groups in total. The number of carboxylic acids is 1. The zero-order chi connectivity index (χ0) is 17.4. The van der Waals surface area contributed by atoms with Crippen molar-refractivity contribution >= 4 is 17.0 Å². The van der Waals surface area contributed by atoms with Gasteiger partial charge < -0.3 is 20.4 Å². The number of carboxylic acid groups (broad SMARTS) is 1. The van der Waals surface area contributed by atoms with Crippen LogP contribution in [0.15, 0.2) is 60.9 Å². The standard InChI is InChI=1S/C19H16N4O2/c20-10-12-8-9-23(11-12)14-6-4-13(5-7-14)18-21-16-3-1-2-15(19(24)25)17(16)22-18/h1-9,11H,10,20H2,(H,21,22)(H,24,25). The molecule has 6 nitrogen and oxygen atoms in total. The number of hydrogen-bond acceptors (Lipinski definition) is 3. The Morgan fingerprint density at radius 2 is 1.96 bits per heavy atom. The number of nitrogens with one attached hydrogen (secondary N) is 1. The summed E-state index contributed by atoms with van der Waals surface area (Å²) in [5, 5.41) is 9.28. The van der Waals surface area contributed by atoms with Crippen LogP contribution in [-0.2, 0) is 6.54 Å². The average Bonchev–Trinajstić information content (AvgIpc) is 3.28. The second kappa shape index (κ2) is 5.92. The summed E-state index contributed by atoms with van der Waals surface area (Å²) in [6, 6.07) is 15.0. The number of carbonyl (C=O) groups is 1. The molecule has 0 radical (unpaired) electrons. The number of benzene rings is 2. The fourth-order valence-corrected chi connectivity index (χ4v) is 2.85. The van der Waals surface area contributed by atoms with Crippen LogP contribution < -0.4 is 5.73 Å². The van der Waals surface area contributed by atoms with Crippen LogP contribution in [0.4, 0.5) is 0 Å². The summed E-state index contributed by atoms with van der Waals surface area (Å²) in [5.74, 6) is -0.340. The summed E-state index contributed by atoms with van der Waals surface area (Å²) < 4.78 is 2.01. The Morgan fingerprint density at radius 1 is 1.16 bits per heavy atom. The first-order chi connectivity index (χ1) is 12.2. The van der Waals surface area contributed by atoms with Gasteiger partial charge in [-0.3, -0.25) is 0 Å². The lowest BCUT2D eigenvalue weighted by atomic mass is 10.2. The molecule has 0 aliphatic carbocycles. The van der Waals surface area contributed by atoms with Crippen molar-refractivity contribution in [3.63, 3.8) is 0 Å². The maximum absolute atomic E-state index is 11.3. The van der Waals surface area contributed by atoms with Crippen molar-refractivity contribution < 1.29 is 9.90 Å². The summed E-state index contributed by atoms with van der Waals surface area (Å²) in [7, 11) is 0. The van der Waals surface area contributed by atoms with E-state index >= 15 is 0 Å². The van der Waals surface area contributed by atoms with Gasteiger partial charge in [0.15, 0.2) is 0 Å². The van der Waals surface area contributed by atoms with Crippen LogP contribution in [0.3, 0.4) is 0 Å². The van der Waals surface area contributed by atoms with Gasteiger partial charge in [-0.2, -0.15) is 0 Å². The monoisotopic (exact) mass is 332 g/mol. The van der Waals surface area contributed by atoms with Crippen LogP contribution in [-0.4, -0.2) is 25.6 Å². The first-order valence-electron chi connectivity index (χ1n) is 7.85. The van der Waals surface area contributed by atoms with E-state index in [1.807, 2.05) is 53.4 Å². The lowest BCUT2D eigenvalue weighted by molar-refractivity contribution is 0.0699. The highest BCUT2D eigenvalue weighted by Crippen LogP contribution is 2.24. The van der Waals surface area contributed by atoms with Gasteiger partial charge in [-0.05, 0) is 48.0 Å². The van der Waals surface area contributed by atoms with E-state index in [-0.39, 0.29) is 5.56 Å². The molecule has 0 spiro atoms. The van der Waals surface area contributed by atoms with E-state index in [9.17, 15) is 9.90 Å². The van der Waals surface area contributed by atoms with E-state index in [1.54, 1.807) is 12.1 Å². The van der Waals surface area contributed by atoms with Crippen LogP contribution in [0.1, 0.15) is 15.9 Å². The third-order valence-corrected chi connectivity index (χ3v) is 4.17. The highest BCUT2D eigenvalue weighted by atomic mass is 16.4. The lowest BCUT2D eigenvalue weighted by Crippen LogP contribution is -1.96. The minimum atomic E-state index is -0.984. The molecule has 0 aliphatic rings. The molecule has 2 aromatic carbocycles. The molecular weight excluding hydrogens is 316 g/mol. The Balaban J connectivity index is 1.71. The molecule has 0 atom stereocenters. The normalized spacial score (nSPS) is 11.1. The minimum Gasteiger partial charge on any atom is -0.478 e. The van der Waals surface area contributed by atoms with Crippen LogP contribution in [0.25, 0.3) is 28.1 Å². The highest BCUT2D eigenvalue weighted by molar-refractivity contribution is 6.01. The third-order valence-electron chi connectivity index (χ3n) is 4.17. The Bertz CT molecular complexity index is 1060. The first-order valence-corrected chi connectivity index (χ1v) is 7.85. The SMILES string of the molecule is NCc1ccn(-c2ccc(-c3nc4c(C(=O)O)cccc4[nH]3)cc2)c1. The molecule has 25 heavy (non-hydrogen) atoms. The van der Waals surface area contributed by atoms with Crippen molar-refractivity contribution in [1.29, 1.82) is 0 Å². The minimum absolute atomic E-state index is 0.193. The third kappa shape index (κ3) is 2.68. The van der Waals surface area contributed by atoms with Gasteiger partial charge in [-0.25, -0.2) is 9.78 Å². The van der Waals surface area contributed by atoms with E-state index < -0.39 is 5.97 Å². The molecule has 2 heterocycles. The predicted molar refractivity (Wildman–Crippen MR) is 95.7 cm³/mol. The molecule has 4 aromatic rings. The topological polar surface area (TPSA) is 96.9 Å². The number of H-pyrrole nitrogens is 1. The van der Waals surface area contributed by atoms with Crippen LogP contribution in [0.2, 0.25) is 0 Å². The van der Waals surface area contributed by atoms with Gasteiger partial charge in [0.1, 0.15) is 11.3 Å². The summed E-state index contributed by atoms with van der Waals surface area (Å²) in [5.41, 5.74) is 9.99. The number of rotatable bonds is 4. The van der Waals surface area contributed by atoms with Gasteiger partial charge in [0.25, 0.3) is 0 Å². The quantitative estimate of drug-likeness (QED) is 0.535. The first kappa shape index (κ1) is 15.2. The van der Waals surface area contributed by atoms with Gasteiger partial charge >= 0.3 is 5.97 Å². The predicted octanol–water partition coefficient (Wildman–Crippen LogP) is 3.18. The number of hydrogen-bond donors (Lipinski definition) is 3. The second-order valence-electron chi connectivity index (χ2n) is 5.77. The zero-order valence-electron chi connectivity index (χ0n) is 13.3. The van der Waals surface area contributed by atoms with Gasteiger partial charge in [0.05, 0.1) is 11.1 Å². The van der Waals surface area contributed by atoms with Crippen molar-refractivity contribution in [2.45, 2.75) is 6.54 Å². The lowest BCUT2D eigenvalue weighted by Gasteiger charge is -2.04. The van der Waals surface area contributed by atoms with Crippen molar-refractivity contribution in [2.75, 3.05) is 0 Å². The smallest absolute Gasteiger partial charge is 0.337 e. The van der Waals surface area contributed by atoms with E-state index in [2.05, 4.69) is 9.97 Å². The van der Waals surface area contributed by atoms with Gasteiger partial charge in [-0.15, -0.1) is 0 Å². The molecule has 0 saturated heterocycles. The molecule has 6 heteroatoms.